The Kier molecular flexibility index (Phi) is 1.19. The van der Waals surface area contributed by atoms with Gasteiger partial charge in [0.1, 0.15) is 0 Å². The third-order valence-corrected chi connectivity index (χ3v) is 2.86. The number of hydrogen-bond donors (Lipinski definition) is 0. The van der Waals surface area contributed by atoms with Crippen LogP contribution in [-0.2, 0) is 0 Å². The molecule has 1 aliphatic carbocycles. The van der Waals surface area contributed by atoms with Gasteiger partial charge in [0.2, 0.25) is 0 Å². The number of hydrogen-bond acceptors (Lipinski definition) is 2. The van der Waals surface area contributed by atoms with Crippen molar-refractivity contribution >= 4 is 34.8 Å². The van der Waals surface area contributed by atoms with E-state index in [1.165, 1.54) is 11.3 Å². The van der Waals surface area contributed by atoms with Gasteiger partial charge in [0.05, 0.1) is 9.90 Å². The van der Waals surface area contributed by atoms with E-state index in [4.69, 9.17) is 11.6 Å². The summed E-state index contributed by atoms with van der Waals surface area (Å²) < 4.78 is 0. The van der Waals surface area contributed by atoms with Crippen molar-refractivity contribution in [2.24, 2.45) is 0 Å². The van der Waals surface area contributed by atoms with E-state index in [1.807, 2.05) is 0 Å². The van der Waals surface area contributed by atoms with Gasteiger partial charge in [0.15, 0.2) is 5.78 Å². The molecule has 0 aliphatic heterocycles. The summed E-state index contributed by atoms with van der Waals surface area (Å²) in [5.74, 6) is 0.0758. The molecule has 1 nitrogen and oxygen atoms in total. The van der Waals surface area contributed by atoms with Crippen LogP contribution in [0.2, 0.25) is 5.02 Å². The fourth-order valence-electron chi connectivity index (χ4n) is 0.927. The Morgan fingerprint density at radius 2 is 2.20 bits per heavy atom. The highest BCUT2D eigenvalue weighted by Crippen LogP contribution is 2.32. The second kappa shape index (κ2) is 1.94. The van der Waals surface area contributed by atoms with Crippen molar-refractivity contribution in [2.75, 3.05) is 0 Å². The molecule has 1 aromatic heterocycles. The zero-order valence-electron chi connectivity index (χ0n) is 4.93. The SMILES string of the molecule is O=C1C=Cc2c(Cl)csc21. The first-order valence-electron chi connectivity index (χ1n) is 2.78. The summed E-state index contributed by atoms with van der Waals surface area (Å²) in [7, 11) is 0. The topological polar surface area (TPSA) is 17.1 Å². The molecule has 0 amide bonds. The van der Waals surface area contributed by atoms with Gasteiger partial charge in [-0.1, -0.05) is 11.6 Å². The monoisotopic (exact) mass is 170 g/mol. The van der Waals surface area contributed by atoms with E-state index in [0.29, 0.717) is 5.02 Å². The Balaban J connectivity index is 2.73. The van der Waals surface area contributed by atoms with Crippen molar-refractivity contribution in [3.63, 3.8) is 0 Å². The molecule has 10 heavy (non-hydrogen) atoms. The highest BCUT2D eigenvalue weighted by Gasteiger charge is 2.17. The molecule has 0 aromatic carbocycles. The van der Waals surface area contributed by atoms with Crippen LogP contribution in [0.15, 0.2) is 11.5 Å². The molecule has 0 atom stereocenters. The van der Waals surface area contributed by atoms with Gasteiger partial charge in [-0.3, -0.25) is 4.79 Å². The molecule has 1 aromatic rings. The van der Waals surface area contributed by atoms with Gasteiger partial charge in [-0.2, -0.15) is 0 Å². The average Bonchev–Trinajstić information content (AvgIpc) is 2.41. The van der Waals surface area contributed by atoms with E-state index in [1.54, 1.807) is 17.5 Å². The molecular weight excluding hydrogens is 168 g/mol. The summed E-state index contributed by atoms with van der Waals surface area (Å²) in [5, 5.41) is 2.47. The van der Waals surface area contributed by atoms with Crippen molar-refractivity contribution < 1.29 is 4.79 Å². The Hall–Kier alpha value is -0.600. The summed E-state index contributed by atoms with van der Waals surface area (Å²) in [6.45, 7) is 0. The van der Waals surface area contributed by atoms with Gasteiger partial charge < -0.3 is 0 Å². The third-order valence-electron chi connectivity index (χ3n) is 1.41. The fraction of sp³-hybridized carbons (Fsp3) is 0. The minimum Gasteiger partial charge on any atom is -0.288 e. The smallest absolute Gasteiger partial charge is 0.196 e. The maximum Gasteiger partial charge on any atom is 0.196 e. The summed E-state index contributed by atoms with van der Waals surface area (Å²) in [6.07, 6.45) is 3.31. The minimum absolute atomic E-state index is 0.0758. The number of ketones is 1. The van der Waals surface area contributed by atoms with Crippen molar-refractivity contribution in [3.05, 3.63) is 26.9 Å². The van der Waals surface area contributed by atoms with Crippen molar-refractivity contribution in [1.29, 1.82) is 0 Å². The van der Waals surface area contributed by atoms with Gasteiger partial charge in [-0.25, -0.2) is 0 Å². The number of carbonyl (C=O) groups excluding carboxylic acids is 1. The molecule has 0 saturated carbocycles. The van der Waals surface area contributed by atoms with Gasteiger partial charge in [0, 0.05) is 10.9 Å². The second-order valence-corrected chi connectivity index (χ2v) is 3.31. The number of allylic oxidation sites excluding steroid dienone is 1. The van der Waals surface area contributed by atoms with Gasteiger partial charge in [-0.15, -0.1) is 11.3 Å². The largest absolute Gasteiger partial charge is 0.288 e. The van der Waals surface area contributed by atoms with E-state index < -0.39 is 0 Å². The zero-order valence-corrected chi connectivity index (χ0v) is 6.50. The van der Waals surface area contributed by atoms with E-state index in [2.05, 4.69) is 0 Å². The first-order valence-corrected chi connectivity index (χ1v) is 4.04. The van der Waals surface area contributed by atoms with E-state index in [9.17, 15) is 4.79 Å². The fourth-order valence-corrected chi connectivity index (χ4v) is 2.11. The number of rotatable bonds is 0. The summed E-state index contributed by atoms with van der Waals surface area (Å²) in [5.41, 5.74) is 0.886. The molecule has 0 saturated heterocycles. The van der Waals surface area contributed by atoms with Crippen LogP contribution in [0.3, 0.4) is 0 Å². The van der Waals surface area contributed by atoms with Gasteiger partial charge in [-0.05, 0) is 12.2 Å². The molecule has 0 radical (unpaired) electrons. The third kappa shape index (κ3) is 0.662. The van der Waals surface area contributed by atoms with Crippen LogP contribution in [0.1, 0.15) is 15.2 Å². The molecule has 0 unspecified atom stereocenters. The molecule has 0 N–H and O–H groups in total. The van der Waals surface area contributed by atoms with Crippen LogP contribution in [0, 0.1) is 0 Å². The van der Waals surface area contributed by atoms with Crippen LogP contribution in [0.25, 0.3) is 6.08 Å². The average molecular weight is 171 g/mol. The molecule has 0 bridgehead atoms. The first kappa shape index (κ1) is 6.13. The molecular formula is C7H3ClOS. The maximum absolute atomic E-state index is 10.9. The highest BCUT2D eigenvalue weighted by molar-refractivity contribution is 7.13. The van der Waals surface area contributed by atoms with Crippen molar-refractivity contribution in [1.82, 2.24) is 0 Å². The van der Waals surface area contributed by atoms with Crippen molar-refractivity contribution in [3.8, 4) is 0 Å². The number of carbonyl (C=O) groups is 1. The standard InChI is InChI=1S/C7H3ClOS/c8-5-3-10-7-4(5)1-2-6(7)9/h1-3H. The highest BCUT2D eigenvalue weighted by atomic mass is 35.5. The lowest BCUT2D eigenvalue weighted by molar-refractivity contribution is 0.105. The molecule has 3 heteroatoms. The number of fused-ring (bicyclic) bond motifs is 1. The van der Waals surface area contributed by atoms with Crippen LogP contribution < -0.4 is 0 Å². The Labute approximate surface area is 66.9 Å². The Bertz CT molecular complexity index is 324. The first-order chi connectivity index (χ1) is 4.79. The second-order valence-electron chi connectivity index (χ2n) is 2.02. The quantitative estimate of drug-likeness (QED) is 0.585. The maximum atomic E-state index is 10.9. The van der Waals surface area contributed by atoms with Crippen LogP contribution in [0.5, 0.6) is 0 Å². The lowest BCUT2D eigenvalue weighted by Crippen LogP contribution is -1.83. The van der Waals surface area contributed by atoms with Crippen LogP contribution in [0.4, 0.5) is 0 Å². The molecule has 50 valence electrons. The van der Waals surface area contributed by atoms with E-state index >= 15 is 0 Å². The summed E-state index contributed by atoms with van der Waals surface area (Å²) >= 11 is 7.16. The molecule has 0 fully saturated rings. The predicted molar refractivity (Wildman–Crippen MR) is 42.7 cm³/mol. The Morgan fingerprint density at radius 1 is 1.40 bits per heavy atom. The Morgan fingerprint density at radius 3 is 2.90 bits per heavy atom. The van der Waals surface area contributed by atoms with Gasteiger partial charge in [0.25, 0.3) is 0 Å². The van der Waals surface area contributed by atoms with Crippen LogP contribution in [-0.4, -0.2) is 5.78 Å². The van der Waals surface area contributed by atoms with E-state index in [0.717, 1.165) is 10.4 Å². The molecule has 1 heterocycles. The zero-order chi connectivity index (χ0) is 7.14. The molecule has 0 spiro atoms. The minimum atomic E-state index is 0.0758. The molecule has 1 aliphatic rings. The normalized spacial score (nSPS) is 14.3. The lowest BCUT2D eigenvalue weighted by Gasteiger charge is -1.82. The van der Waals surface area contributed by atoms with E-state index in [-0.39, 0.29) is 5.78 Å². The lowest BCUT2D eigenvalue weighted by atomic mass is 10.3. The predicted octanol–water partition coefficient (Wildman–Crippen LogP) is 2.61. The number of halogens is 1. The molecule has 2 rings (SSSR count). The number of thiophene rings is 1. The summed E-state index contributed by atoms with van der Waals surface area (Å²) in [4.78, 5) is 11.7. The van der Waals surface area contributed by atoms with Crippen molar-refractivity contribution in [2.45, 2.75) is 0 Å². The van der Waals surface area contributed by atoms with Crippen LogP contribution >= 0.6 is 22.9 Å². The summed E-state index contributed by atoms with van der Waals surface area (Å²) in [6, 6.07) is 0. The van der Waals surface area contributed by atoms with Gasteiger partial charge >= 0.3 is 0 Å².